The van der Waals surface area contributed by atoms with Gasteiger partial charge in [-0.1, -0.05) is 218 Å². The van der Waals surface area contributed by atoms with Crippen molar-refractivity contribution in [1.82, 2.24) is 36.4 Å². The van der Waals surface area contributed by atoms with Gasteiger partial charge in [-0.2, -0.15) is 0 Å². The van der Waals surface area contributed by atoms with Gasteiger partial charge in [0.1, 0.15) is 34.0 Å². The van der Waals surface area contributed by atoms with Crippen LogP contribution in [-0.4, -0.2) is 167 Å². The maximum Gasteiger partial charge on any atom is 0.410 e. The van der Waals surface area contributed by atoms with Crippen LogP contribution in [0.5, 0.6) is 0 Å². The fourth-order valence-electron chi connectivity index (χ4n) is 14.5. The van der Waals surface area contributed by atoms with Gasteiger partial charge in [0.05, 0.1) is 26.2 Å². The number of ketones is 4. The Kier molecular flexibility index (Phi) is 83.9. The molecule has 7 aliphatic carbocycles. The van der Waals surface area contributed by atoms with Crippen molar-refractivity contribution < 1.29 is 62.8 Å². The first-order valence-electron chi connectivity index (χ1n) is 49.1. The minimum atomic E-state index is -1.08. The third-order valence-corrected chi connectivity index (χ3v) is 22.4. The van der Waals surface area contributed by atoms with E-state index < -0.39 is 34.6 Å². The molecule has 0 atom stereocenters. The summed E-state index contributed by atoms with van der Waals surface area (Å²) in [4.78, 5) is 109. The number of hydrogen-bond acceptors (Lipinski definition) is 15. The lowest BCUT2D eigenvalue weighted by Gasteiger charge is -2.33. The maximum atomic E-state index is 12.3. The van der Waals surface area contributed by atoms with E-state index in [-0.39, 0.29) is 54.2 Å². The van der Waals surface area contributed by atoms with Crippen LogP contribution >= 0.6 is 0 Å². The number of carbonyl (C=O) groups is 9. The van der Waals surface area contributed by atoms with Gasteiger partial charge in [-0.05, 0) is 259 Å². The molecular weight excluding hydrogens is 1500 g/mol. The molecule has 20 nitrogen and oxygen atoms in total. The molecule has 0 radical (unpaired) electrons. The number of hydrogen-bond donors (Lipinski definition) is 7. The molecule has 0 spiro atoms. The molecule has 710 valence electrons. The normalized spacial score (nSPS) is 25.0. The van der Waals surface area contributed by atoms with Crippen LogP contribution in [0.1, 0.15) is 422 Å². The van der Waals surface area contributed by atoms with E-state index in [1.165, 1.54) is 48.3 Å². The Morgan fingerprint density at radius 3 is 0.739 bits per heavy atom. The van der Waals surface area contributed by atoms with Crippen molar-refractivity contribution in [1.29, 1.82) is 0 Å². The number of nitrogens with one attached hydrogen (secondary N) is 5. The van der Waals surface area contributed by atoms with Crippen molar-refractivity contribution in [3.8, 4) is 0 Å². The van der Waals surface area contributed by atoms with Crippen LogP contribution in [0.4, 0.5) is 9.59 Å². The molecule has 0 aromatic rings. The monoisotopic (exact) mass is 1700 g/mol. The van der Waals surface area contributed by atoms with Crippen LogP contribution in [-0.2, 0) is 43.0 Å². The Balaban J connectivity index is -0.000000241. The minimum absolute atomic E-state index is 0.127. The molecule has 0 aromatic carbocycles. The average Bonchev–Trinajstić information content (AvgIpc) is 0.838. The minimum Gasteiger partial charge on any atom is -0.444 e. The maximum absolute atomic E-state index is 12.3. The summed E-state index contributed by atoms with van der Waals surface area (Å²) in [5.41, 5.74) is -3.20. The largest absolute Gasteiger partial charge is 0.444 e. The summed E-state index contributed by atoms with van der Waals surface area (Å²) in [5, 5.41) is 34.5. The molecule has 119 heavy (non-hydrogen) atoms. The first-order chi connectivity index (χ1) is 56.3. The van der Waals surface area contributed by atoms with Gasteiger partial charge in [-0.3, -0.25) is 33.6 Å². The summed E-state index contributed by atoms with van der Waals surface area (Å²) in [5.74, 6) is 7.65. The molecule has 7 fully saturated rings. The van der Waals surface area contributed by atoms with Crippen LogP contribution in [0.25, 0.3) is 0 Å². The topological polar surface area (TPSA) is 279 Å². The third kappa shape index (κ3) is 63.1. The predicted octanol–water partition coefficient (Wildman–Crippen LogP) is 22.9. The van der Waals surface area contributed by atoms with E-state index in [4.69, 9.17) is 9.47 Å². The molecule has 0 aromatic heterocycles. The molecule has 7 aliphatic rings. The second kappa shape index (κ2) is 78.2. The summed E-state index contributed by atoms with van der Waals surface area (Å²) in [6.07, 6.45) is 28.9. The molecule has 20 heteroatoms. The second-order valence-electron chi connectivity index (χ2n) is 34.6. The highest BCUT2D eigenvalue weighted by molar-refractivity contribution is 5.88. The molecule has 0 heterocycles. The van der Waals surface area contributed by atoms with Crippen LogP contribution < -0.4 is 26.6 Å². The molecule has 0 aliphatic heterocycles. The average molecular weight is 1700 g/mol. The number of Topliss-reactive ketones (excluding diaryl/α,β-unsaturated/α-hetero) is 4. The first-order valence-corrected chi connectivity index (χ1v) is 49.1. The SMILES string of the molecule is CC.CC.CC.CC.CC.CC.CC.CCCNC(=O)C1CCC(C)CC1.CCN(CC(=O)C1CCC(C)CC1)C(=O)OC(C)(C)C.CCN(CC(=O)C1CCC(C)CC1)C(=O)OC(C)(C)C.CCNC(=O)C1(O)CCC(C)CC1.CCNC(=O)C1(O)CCC(C)CC1.CCNCC(=O)C1CCC(C)CC1.CCNCC(=O)C1CCC(C)CC1. The van der Waals surface area contributed by atoms with E-state index in [1.54, 1.807) is 0 Å². The van der Waals surface area contributed by atoms with E-state index in [0.29, 0.717) is 106 Å². The second-order valence-corrected chi connectivity index (χ2v) is 34.6. The number of ether oxygens (including phenoxy) is 2. The molecular formula is C99H201N7O13. The highest BCUT2D eigenvalue weighted by Crippen LogP contribution is 2.36. The standard InChI is InChI=1S/2C16H29NO3.3C11H21NO.2C10H19NO2.7C2H6/c2*1-6-17(15(19)20-16(3,4)5)11-14(18)13-9-7-12(2)8-10-13;2*1-3-12-8-11(13)10-6-4-9(2)5-7-10;1-3-8-12-11(13)10-6-4-9(2)5-7-10;2*1-3-11-9(12)10(13)6-4-8(2)5-7-10;7*1-2/h2*12-13H,6-11H2,1-5H3;2*9-10,12H,3-8H2,1-2H3;9-10H,3-8H2,1-2H3,(H,12,13);2*8,13H,3-7H2,1-2H3,(H,11,12);7*1-2H3. The van der Waals surface area contributed by atoms with Crippen LogP contribution in [0.2, 0.25) is 0 Å². The van der Waals surface area contributed by atoms with Gasteiger partial charge in [0.15, 0.2) is 11.6 Å². The van der Waals surface area contributed by atoms with Gasteiger partial charge in [0.2, 0.25) is 5.91 Å². The van der Waals surface area contributed by atoms with Crippen LogP contribution in [0.15, 0.2) is 0 Å². The summed E-state index contributed by atoms with van der Waals surface area (Å²) in [7, 11) is 0. The van der Waals surface area contributed by atoms with Gasteiger partial charge in [0, 0.05) is 62.3 Å². The fraction of sp³-hybridized carbons (Fsp3) is 0.909. The zero-order chi connectivity index (χ0) is 93.5. The molecule has 7 N–H and O–H groups in total. The molecule has 5 amide bonds. The highest BCUT2D eigenvalue weighted by atomic mass is 16.6. The zero-order valence-electron chi connectivity index (χ0n) is 84.5. The van der Waals surface area contributed by atoms with Gasteiger partial charge < -0.3 is 56.1 Å². The van der Waals surface area contributed by atoms with Crippen molar-refractivity contribution in [2.24, 2.45) is 71.0 Å². The number of likely N-dealkylation sites (N-methyl/N-ethyl adjacent to an activating group) is 6. The zero-order valence-corrected chi connectivity index (χ0v) is 84.5. The lowest BCUT2D eigenvalue weighted by Crippen LogP contribution is -2.48. The number of amides is 5. The van der Waals surface area contributed by atoms with E-state index in [1.807, 2.05) is 180 Å². The number of aliphatic hydroxyl groups is 2. The Morgan fingerprint density at radius 2 is 0.538 bits per heavy atom. The summed E-state index contributed by atoms with van der Waals surface area (Å²) >= 11 is 0. The number of carbonyl (C=O) groups excluding carboxylic acids is 9. The molecule has 0 saturated heterocycles. The van der Waals surface area contributed by atoms with Crippen LogP contribution in [0.3, 0.4) is 0 Å². The van der Waals surface area contributed by atoms with E-state index in [2.05, 4.69) is 82.0 Å². The van der Waals surface area contributed by atoms with E-state index in [0.717, 1.165) is 171 Å². The van der Waals surface area contributed by atoms with Crippen molar-refractivity contribution >= 4 is 53.0 Å². The lowest BCUT2D eigenvalue weighted by molar-refractivity contribution is -0.144. The Labute approximate surface area is 735 Å². The Morgan fingerprint density at radius 1 is 0.319 bits per heavy atom. The summed E-state index contributed by atoms with van der Waals surface area (Å²) < 4.78 is 10.7. The Bertz CT molecular complexity index is 2250. The van der Waals surface area contributed by atoms with Gasteiger partial charge in [-0.15, -0.1) is 0 Å². The van der Waals surface area contributed by atoms with Crippen molar-refractivity contribution in [2.75, 3.05) is 72.0 Å². The van der Waals surface area contributed by atoms with Gasteiger partial charge in [0.25, 0.3) is 11.8 Å². The van der Waals surface area contributed by atoms with Gasteiger partial charge >= 0.3 is 12.2 Å². The number of rotatable bonds is 23. The Hall–Kier alpha value is -4.53. The predicted molar refractivity (Wildman–Crippen MR) is 505 cm³/mol. The van der Waals surface area contributed by atoms with Crippen LogP contribution in [0, 0.1) is 71.0 Å². The molecule has 0 unspecified atom stereocenters. The van der Waals surface area contributed by atoms with E-state index >= 15 is 0 Å². The van der Waals surface area contributed by atoms with Crippen molar-refractivity contribution in [3.63, 3.8) is 0 Å². The smallest absolute Gasteiger partial charge is 0.410 e. The summed E-state index contributed by atoms with van der Waals surface area (Å²) in [6, 6.07) is 0. The quantitative estimate of drug-likeness (QED) is 0.0501. The molecule has 0 bridgehead atoms. The molecule has 7 rings (SSSR count). The molecule has 7 saturated carbocycles. The van der Waals surface area contributed by atoms with Gasteiger partial charge in [-0.25, -0.2) is 9.59 Å². The van der Waals surface area contributed by atoms with Crippen molar-refractivity contribution in [3.05, 3.63) is 0 Å². The van der Waals surface area contributed by atoms with Crippen molar-refractivity contribution in [2.45, 2.75) is 444 Å². The fourth-order valence-corrected chi connectivity index (χ4v) is 14.5. The summed E-state index contributed by atoms with van der Waals surface area (Å²) in [6.45, 7) is 74.7. The van der Waals surface area contributed by atoms with E-state index in [9.17, 15) is 53.4 Å². The number of nitrogens with zero attached hydrogens (tertiary/aromatic N) is 2. The lowest BCUT2D eigenvalue weighted by atomic mass is 9.79. The highest BCUT2D eigenvalue weighted by Gasteiger charge is 2.40. The third-order valence-electron chi connectivity index (χ3n) is 22.4. The first kappa shape index (κ1) is 128.